The van der Waals surface area contributed by atoms with Crippen LogP contribution in [0.1, 0.15) is 5.56 Å². The third-order valence-electron chi connectivity index (χ3n) is 1.40. The highest BCUT2D eigenvalue weighted by molar-refractivity contribution is 5.10. The van der Waals surface area contributed by atoms with Gasteiger partial charge in [-0.1, -0.05) is 0 Å². The van der Waals surface area contributed by atoms with Crippen molar-refractivity contribution >= 4 is 0 Å². The maximum atomic E-state index is 10.8. The molecule has 0 atom stereocenters. The molecule has 60 valence electrons. The summed E-state index contributed by atoms with van der Waals surface area (Å²) < 4.78 is 0.542. The maximum Gasteiger partial charge on any atom is 0.283 e. The second-order valence-corrected chi connectivity index (χ2v) is 2.26. The van der Waals surface area contributed by atoms with Crippen molar-refractivity contribution in [1.82, 2.24) is 4.73 Å². The standard InChI is InChI=1S/C7H10N2O2/c8-3-1-6-2-4-9(11)7(10)5-6/h2,4-5,11H,1,3,8H2. The van der Waals surface area contributed by atoms with E-state index < -0.39 is 5.56 Å². The molecule has 1 heterocycles. The Hall–Kier alpha value is -1.29. The molecule has 1 rings (SSSR count). The highest BCUT2D eigenvalue weighted by atomic mass is 16.5. The number of hydrogen-bond acceptors (Lipinski definition) is 3. The van der Waals surface area contributed by atoms with E-state index >= 15 is 0 Å². The first-order chi connectivity index (χ1) is 5.24. The Labute approximate surface area is 63.8 Å². The summed E-state index contributed by atoms with van der Waals surface area (Å²) in [6.07, 6.45) is 1.98. The lowest BCUT2D eigenvalue weighted by Crippen LogP contribution is -2.17. The van der Waals surface area contributed by atoms with E-state index in [0.717, 1.165) is 5.56 Å². The fourth-order valence-corrected chi connectivity index (χ4v) is 0.835. The van der Waals surface area contributed by atoms with E-state index in [1.807, 2.05) is 0 Å². The fraction of sp³-hybridized carbons (Fsp3) is 0.286. The van der Waals surface area contributed by atoms with E-state index in [-0.39, 0.29) is 0 Å². The van der Waals surface area contributed by atoms with E-state index in [0.29, 0.717) is 17.7 Å². The van der Waals surface area contributed by atoms with Crippen molar-refractivity contribution in [1.29, 1.82) is 0 Å². The van der Waals surface area contributed by atoms with Gasteiger partial charge in [-0.2, -0.15) is 4.73 Å². The first kappa shape index (κ1) is 7.81. The molecule has 0 aliphatic carbocycles. The van der Waals surface area contributed by atoms with Crippen molar-refractivity contribution in [3.8, 4) is 0 Å². The van der Waals surface area contributed by atoms with Gasteiger partial charge in [-0.15, -0.1) is 0 Å². The van der Waals surface area contributed by atoms with Gasteiger partial charge in [0.05, 0.1) is 0 Å². The molecule has 0 saturated heterocycles. The van der Waals surface area contributed by atoms with Crippen molar-refractivity contribution in [3.63, 3.8) is 0 Å². The Balaban J connectivity index is 2.96. The minimum Gasteiger partial charge on any atom is -0.425 e. The molecular formula is C7H10N2O2. The molecule has 0 saturated carbocycles. The van der Waals surface area contributed by atoms with Gasteiger partial charge in [0.25, 0.3) is 5.56 Å². The molecule has 1 aromatic heterocycles. The van der Waals surface area contributed by atoms with Gasteiger partial charge in [-0.25, -0.2) is 0 Å². The maximum absolute atomic E-state index is 10.8. The summed E-state index contributed by atoms with van der Waals surface area (Å²) in [4.78, 5) is 10.8. The highest BCUT2D eigenvalue weighted by Gasteiger charge is 1.94. The molecule has 0 bridgehead atoms. The zero-order valence-corrected chi connectivity index (χ0v) is 6.03. The monoisotopic (exact) mass is 154 g/mol. The van der Waals surface area contributed by atoms with Crippen LogP contribution < -0.4 is 11.3 Å². The van der Waals surface area contributed by atoms with Crippen LogP contribution in [0.3, 0.4) is 0 Å². The van der Waals surface area contributed by atoms with Gasteiger partial charge in [0, 0.05) is 12.3 Å². The van der Waals surface area contributed by atoms with E-state index in [4.69, 9.17) is 10.9 Å². The van der Waals surface area contributed by atoms with Gasteiger partial charge in [0.15, 0.2) is 0 Å². The number of nitrogens with two attached hydrogens (primary N) is 1. The number of nitrogens with zero attached hydrogens (tertiary/aromatic N) is 1. The Morgan fingerprint density at radius 3 is 2.91 bits per heavy atom. The topological polar surface area (TPSA) is 68.2 Å². The van der Waals surface area contributed by atoms with E-state index in [9.17, 15) is 4.79 Å². The molecule has 1 aromatic rings. The Morgan fingerprint density at radius 1 is 1.64 bits per heavy atom. The molecule has 11 heavy (non-hydrogen) atoms. The minimum atomic E-state index is -0.420. The summed E-state index contributed by atoms with van der Waals surface area (Å²) in [7, 11) is 0. The molecule has 4 heteroatoms. The van der Waals surface area contributed by atoms with Crippen LogP contribution in [0.2, 0.25) is 0 Å². The number of rotatable bonds is 2. The number of hydrogen-bond donors (Lipinski definition) is 2. The lowest BCUT2D eigenvalue weighted by molar-refractivity contribution is 0.174. The number of aromatic nitrogens is 1. The van der Waals surface area contributed by atoms with E-state index in [1.54, 1.807) is 6.07 Å². The average molecular weight is 154 g/mol. The van der Waals surface area contributed by atoms with Crippen molar-refractivity contribution in [2.75, 3.05) is 6.54 Å². The van der Waals surface area contributed by atoms with Crippen LogP contribution >= 0.6 is 0 Å². The molecule has 0 unspecified atom stereocenters. The summed E-state index contributed by atoms with van der Waals surface area (Å²) in [5.74, 6) is 0. The zero-order valence-electron chi connectivity index (χ0n) is 6.03. The minimum absolute atomic E-state index is 0.420. The van der Waals surface area contributed by atoms with Crippen LogP contribution in [0, 0.1) is 0 Å². The first-order valence-electron chi connectivity index (χ1n) is 3.35. The lowest BCUT2D eigenvalue weighted by Gasteiger charge is -1.98. The third kappa shape index (κ3) is 1.81. The van der Waals surface area contributed by atoms with Crippen LogP contribution in [0.5, 0.6) is 0 Å². The van der Waals surface area contributed by atoms with Crippen LogP contribution in [0.15, 0.2) is 23.1 Å². The Bertz CT molecular complexity index is 293. The predicted octanol–water partition coefficient (Wildman–Crippen LogP) is -0.413. The smallest absolute Gasteiger partial charge is 0.283 e. The molecule has 0 aliphatic rings. The summed E-state index contributed by atoms with van der Waals surface area (Å²) in [5.41, 5.74) is 5.71. The Morgan fingerprint density at radius 2 is 2.36 bits per heavy atom. The Kier molecular flexibility index (Phi) is 2.28. The van der Waals surface area contributed by atoms with Crippen molar-refractivity contribution in [2.24, 2.45) is 5.73 Å². The molecule has 0 aliphatic heterocycles. The molecule has 0 amide bonds. The van der Waals surface area contributed by atoms with Gasteiger partial charge in [-0.3, -0.25) is 4.79 Å². The second kappa shape index (κ2) is 3.21. The van der Waals surface area contributed by atoms with E-state index in [2.05, 4.69) is 0 Å². The van der Waals surface area contributed by atoms with Gasteiger partial charge >= 0.3 is 0 Å². The SMILES string of the molecule is NCCc1ccn(O)c(=O)c1. The van der Waals surface area contributed by atoms with E-state index in [1.165, 1.54) is 12.3 Å². The van der Waals surface area contributed by atoms with Crippen LogP contribution in [0.4, 0.5) is 0 Å². The molecule has 0 radical (unpaired) electrons. The fourth-order valence-electron chi connectivity index (χ4n) is 0.835. The van der Waals surface area contributed by atoms with Gasteiger partial charge in [0.1, 0.15) is 0 Å². The predicted molar refractivity (Wildman–Crippen MR) is 40.6 cm³/mol. The first-order valence-corrected chi connectivity index (χ1v) is 3.35. The molecular weight excluding hydrogens is 144 g/mol. The zero-order chi connectivity index (χ0) is 8.27. The molecule has 0 fully saturated rings. The van der Waals surface area contributed by atoms with Crippen molar-refractivity contribution in [3.05, 3.63) is 34.2 Å². The summed E-state index contributed by atoms with van der Waals surface area (Å²) in [6, 6.07) is 3.03. The quantitative estimate of drug-likeness (QED) is 0.569. The second-order valence-electron chi connectivity index (χ2n) is 2.26. The van der Waals surface area contributed by atoms with Crippen molar-refractivity contribution in [2.45, 2.75) is 6.42 Å². The van der Waals surface area contributed by atoms with Crippen molar-refractivity contribution < 1.29 is 5.21 Å². The van der Waals surface area contributed by atoms with Gasteiger partial charge in [0.2, 0.25) is 0 Å². The van der Waals surface area contributed by atoms with Gasteiger partial charge in [-0.05, 0) is 24.6 Å². The lowest BCUT2D eigenvalue weighted by atomic mass is 10.2. The molecule has 4 nitrogen and oxygen atoms in total. The van der Waals surface area contributed by atoms with Crippen LogP contribution in [-0.2, 0) is 6.42 Å². The van der Waals surface area contributed by atoms with Gasteiger partial charge < -0.3 is 10.9 Å². The largest absolute Gasteiger partial charge is 0.425 e. The normalized spacial score (nSPS) is 9.91. The highest BCUT2D eigenvalue weighted by Crippen LogP contribution is 1.92. The summed E-state index contributed by atoms with van der Waals surface area (Å²) in [6.45, 7) is 0.509. The summed E-state index contributed by atoms with van der Waals surface area (Å²) in [5, 5.41) is 8.78. The molecule has 0 spiro atoms. The molecule has 3 N–H and O–H groups in total. The molecule has 0 aromatic carbocycles. The third-order valence-corrected chi connectivity index (χ3v) is 1.40. The summed E-state index contributed by atoms with van der Waals surface area (Å²) >= 11 is 0. The van der Waals surface area contributed by atoms with Crippen LogP contribution in [0.25, 0.3) is 0 Å². The number of pyridine rings is 1. The van der Waals surface area contributed by atoms with Crippen LogP contribution in [-0.4, -0.2) is 16.5 Å². The average Bonchev–Trinajstić information content (AvgIpc) is 1.98.